The van der Waals surface area contributed by atoms with Crippen LogP contribution in [0.1, 0.15) is 42.9 Å². The Hall–Kier alpha value is -1.75. The Morgan fingerprint density at radius 3 is 2.90 bits per heavy atom. The van der Waals surface area contributed by atoms with Crippen LogP contribution in [-0.2, 0) is 6.54 Å². The molecule has 1 aliphatic rings. The van der Waals surface area contributed by atoms with Crippen molar-refractivity contribution in [1.29, 1.82) is 0 Å². The number of aryl methyl sites for hydroxylation is 1. The van der Waals surface area contributed by atoms with E-state index in [9.17, 15) is 0 Å². The number of hydrogen-bond acceptors (Lipinski definition) is 4. The summed E-state index contributed by atoms with van der Waals surface area (Å²) in [5.41, 5.74) is 1.94. The molecule has 1 fully saturated rings. The van der Waals surface area contributed by atoms with Gasteiger partial charge in [-0.3, -0.25) is 9.97 Å². The van der Waals surface area contributed by atoms with Gasteiger partial charge in [-0.1, -0.05) is 6.92 Å². The Kier molecular flexibility index (Phi) is 4.29. The van der Waals surface area contributed by atoms with Crippen molar-refractivity contribution in [3.8, 4) is 0 Å². The van der Waals surface area contributed by atoms with E-state index in [-0.39, 0.29) is 0 Å². The monoisotopic (exact) mass is 285 g/mol. The second kappa shape index (κ2) is 6.35. The molecule has 5 nitrogen and oxygen atoms in total. The zero-order valence-electron chi connectivity index (χ0n) is 12.9. The Morgan fingerprint density at radius 2 is 2.14 bits per heavy atom. The molecule has 0 amide bonds. The SMILES string of the molecule is CCN1CCCC(c2nccn2Cc2cnc(C)cn2)C1. The van der Waals surface area contributed by atoms with Crippen LogP contribution >= 0.6 is 0 Å². The molecule has 0 spiro atoms. The van der Waals surface area contributed by atoms with Crippen LogP contribution in [-0.4, -0.2) is 44.1 Å². The van der Waals surface area contributed by atoms with Gasteiger partial charge in [-0.05, 0) is 32.9 Å². The third-order valence-electron chi connectivity index (χ3n) is 4.23. The van der Waals surface area contributed by atoms with Crippen molar-refractivity contribution < 1.29 is 0 Å². The first-order chi connectivity index (χ1) is 10.3. The van der Waals surface area contributed by atoms with Gasteiger partial charge in [-0.25, -0.2) is 4.98 Å². The Bertz CT molecular complexity index is 575. The van der Waals surface area contributed by atoms with Crippen molar-refractivity contribution in [2.45, 2.75) is 39.2 Å². The highest BCUT2D eigenvalue weighted by atomic mass is 15.1. The third kappa shape index (κ3) is 3.29. The fourth-order valence-electron chi connectivity index (χ4n) is 3.04. The van der Waals surface area contributed by atoms with Crippen LogP contribution in [0, 0.1) is 6.92 Å². The molecule has 21 heavy (non-hydrogen) atoms. The molecule has 1 aliphatic heterocycles. The summed E-state index contributed by atoms with van der Waals surface area (Å²) in [5.74, 6) is 1.72. The van der Waals surface area contributed by atoms with Crippen LogP contribution in [0.2, 0.25) is 0 Å². The van der Waals surface area contributed by atoms with Gasteiger partial charge in [0.15, 0.2) is 0 Å². The minimum Gasteiger partial charge on any atom is -0.329 e. The minimum atomic E-state index is 0.534. The molecular weight excluding hydrogens is 262 g/mol. The second-order valence-electron chi connectivity index (χ2n) is 5.79. The van der Waals surface area contributed by atoms with E-state index in [0.29, 0.717) is 5.92 Å². The smallest absolute Gasteiger partial charge is 0.113 e. The summed E-state index contributed by atoms with van der Waals surface area (Å²) in [5, 5.41) is 0. The Morgan fingerprint density at radius 1 is 1.24 bits per heavy atom. The number of hydrogen-bond donors (Lipinski definition) is 0. The highest BCUT2D eigenvalue weighted by Crippen LogP contribution is 2.25. The number of aromatic nitrogens is 4. The first-order valence-corrected chi connectivity index (χ1v) is 7.77. The molecule has 0 radical (unpaired) electrons. The van der Waals surface area contributed by atoms with Gasteiger partial charge in [0.05, 0.1) is 24.1 Å². The summed E-state index contributed by atoms with van der Waals surface area (Å²) in [4.78, 5) is 15.9. The summed E-state index contributed by atoms with van der Waals surface area (Å²) in [7, 11) is 0. The number of rotatable bonds is 4. The van der Waals surface area contributed by atoms with Gasteiger partial charge in [-0.15, -0.1) is 0 Å². The van der Waals surface area contributed by atoms with Gasteiger partial charge < -0.3 is 9.47 Å². The van der Waals surface area contributed by atoms with Crippen molar-refractivity contribution in [2.24, 2.45) is 0 Å². The van der Waals surface area contributed by atoms with Crippen LogP contribution in [0.3, 0.4) is 0 Å². The lowest BCUT2D eigenvalue weighted by Crippen LogP contribution is -2.35. The van der Waals surface area contributed by atoms with Crippen LogP contribution in [0.15, 0.2) is 24.8 Å². The molecule has 0 saturated carbocycles. The fourth-order valence-corrected chi connectivity index (χ4v) is 3.04. The average Bonchev–Trinajstić information content (AvgIpc) is 2.98. The molecule has 1 saturated heterocycles. The van der Waals surface area contributed by atoms with Crippen molar-refractivity contribution >= 4 is 0 Å². The minimum absolute atomic E-state index is 0.534. The summed E-state index contributed by atoms with van der Waals surface area (Å²) in [6.07, 6.45) is 10.1. The topological polar surface area (TPSA) is 46.8 Å². The summed E-state index contributed by atoms with van der Waals surface area (Å²) in [6.45, 7) is 8.41. The lowest BCUT2D eigenvalue weighted by Gasteiger charge is -2.31. The fraction of sp³-hybridized carbons (Fsp3) is 0.562. The van der Waals surface area contributed by atoms with E-state index >= 15 is 0 Å². The lowest BCUT2D eigenvalue weighted by atomic mass is 9.97. The van der Waals surface area contributed by atoms with Crippen LogP contribution in [0.4, 0.5) is 0 Å². The zero-order chi connectivity index (χ0) is 14.7. The summed E-state index contributed by atoms with van der Waals surface area (Å²) >= 11 is 0. The summed E-state index contributed by atoms with van der Waals surface area (Å²) in [6, 6.07) is 0. The molecule has 0 aromatic carbocycles. The molecule has 0 bridgehead atoms. The molecule has 1 unspecified atom stereocenters. The largest absolute Gasteiger partial charge is 0.329 e. The van der Waals surface area contributed by atoms with Gasteiger partial charge in [-0.2, -0.15) is 0 Å². The van der Waals surface area contributed by atoms with Gasteiger partial charge >= 0.3 is 0 Å². The number of imidazole rings is 1. The standard InChI is InChI=1S/C16H23N5/c1-3-20-7-4-5-14(11-20)16-17-6-8-21(16)12-15-10-18-13(2)9-19-15/h6,8-10,14H,3-5,7,11-12H2,1-2H3. The highest BCUT2D eigenvalue weighted by Gasteiger charge is 2.23. The maximum atomic E-state index is 4.61. The van der Waals surface area contributed by atoms with Crippen LogP contribution < -0.4 is 0 Å². The third-order valence-corrected chi connectivity index (χ3v) is 4.23. The van der Waals surface area contributed by atoms with E-state index in [1.807, 2.05) is 25.5 Å². The van der Waals surface area contributed by atoms with Gasteiger partial charge in [0, 0.05) is 31.1 Å². The van der Waals surface area contributed by atoms with E-state index < -0.39 is 0 Å². The first kappa shape index (κ1) is 14.2. The van der Waals surface area contributed by atoms with E-state index in [1.54, 1.807) is 0 Å². The number of piperidine rings is 1. The van der Waals surface area contributed by atoms with E-state index in [0.717, 1.165) is 31.0 Å². The second-order valence-corrected chi connectivity index (χ2v) is 5.79. The predicted molar refractivity (Wildman–Crippen MR) is 82.2 cm³/mol. The molecule has 5 heteroatoms. The van der Waals surface area contributed by atoms with E-state index in [1.165, 1.54) is 25.2 Å². The maximum absolute atomic E-state index is 4.61. The predicted octanol–water partition coefficient (Wildman–Crippen LogP) is 2.23. The normalized spacial score (nSPS) is 19.8. The molecule has 0 aliphatic carbocycles. The molecule has 0 N–H and O–H groups in total. The first-order valence-electron chi connectivity index (χ1n) is 7.77. The van der Waals surface area contributed by atoms with Crippen molar-refractivity contribution in [2.75, 3.05) is 19.6 Å². The molecule has 3 heterocycles. The molecule has 1 atom stereocenters. The molecule has 2 aromatic heterocycles. The van der Waals surface area contributed by atoms with Gasteiger partial charge in [0.25, 0.3) is 0 Å². The van der Waals surface area contributed by atoms with Gasteiger partial charge in [0.2, 0.25) is 0 Å². The quantitative estimate of drug-likeness (QED) is 0.864. The van der Waals surface area contributed by atoms with E-state index in [2.05, 4.69) is 37.5 Å². The average molecular weight is 285 g/mol. The van der Waals surface area contributed by atoms with Crippen molar-refractivity contribution in [1.82, 2.24) is 24.4 Å². The van der Waals surface area contributed by atoms with Crippen molar-refractivity contribution in [3.63, 3.8) is 0 Å². The van der Waals surface area contributed by atoms with Gasteiger partial charge in [0.1, 0.15) is 5.82 Å². The Balaban J connectivity index is 1.75. The lowest BCUT2D eigenvalue weighted by molar-refractivity contribution is 0.212. The number of nitrogens with zero attached hydrogens (tertiary/aromatic N) is 5. The maximum Gasteiger partial charge on any atom is 0.113 e. The zero-order valence-corrected chi connectivity index (χ0v) is 12.9. The summed E-state index contributed by atoms with van der Waals surface area (Å²) < 4.78 is 2.23. The number of likely N-dealkylation sites (tertiary alicyclic amines) is 1. The highest BCUT2D eigenvalue weighted by molar-refractivity contribution is 5.08. The molecular formula is C16H23N5. The molecule has 2 aromatic rings. The van der Waals surface area contributed by atoms with E-state index in [4.69, 9.17) is 0 Å². The van der Waals surface area contributed by atoms with Crippen LogP contribution in [0.5, 0.6) is 0 Å². The number of likely N-dealkylation sites (N-methyl/N-ethyl adjacent to an activating group) is 1. The Labute approximate surface area is 126 Å². The molecule has 3 rings (SSSR count). The molecule has 112 valence electrons. The van der Waals surface area contributed by atoms with Crippen molar-refractivity contribution in [3.05, 3.63) is 42.0 Å². The van der Waals surface area contributed by atoms with Crippen LogP contribution in [0.25, 0.3) is 0 Å².